The normalized spacial score (nSPS) is 18.9. The van der Waals surface area contributed by atoms with Gasteiger partial charge in [-0.15, -0.1) is 0 Å². The van der Waals surface area contributed by atoms with Gasteiger partial charge in [0.05, 0.1) is 27.9 Å². The highest BCUT2D eigenvalue weighted by Crippen LogP contribution is 2.36. The third kappa shape index (κ3) is 3.38. The zero-order chi connectivity index (χ0) is 16.5. The summed E-state index contributed by atoms with van der Waals surface area (Å²) in [7, 11) is -1.30. The lowest BCUT2D eigenvalue weighted by molar-refractivity contribution is 0.0525. The molecule has 0 amide bonds. The molecule has 22 heavy (non-hydrogen) atoms. The Labute approximate surface area is 133 Å². The Morgan fingerprint density at radius 2 is 2.14 bits per heavy atom. The van der Waals surface area contributed by atoms with E-state index in [4.69, 9.17) is 4.74 Å². The lowest BCUT2D eigenvalue weighted by Crippen LogP contribution is -2.35. The molecule has 122 valence electrons. The molecule has 0 spiro atoms. The van der Waals surface area contributed by atoms with Gasteiger partial charge in [-0.2, -0.15) is 0 Å². The van der Waals surface area contributed by atoms with Gasteiger partial charge in [0.2, 0.25) is 0 Å². The van der Waals surface area contributed by atoms with Crippen LogP contribution in [-0.4, -0.2) is 21.5 Å². The molecule has 1 aromatic carbocycles. The first kappa shape index (κ1) is 17.1. The summed E-state index contributed by atoms with van der Waals surface area (Å²) in [5, 5.41) is 0. The van der Waals surface area contributed by atoms with Gasteiger partial charge in [-0.25, -0.2) is 18.1 Å². The predicted octanol–water partition coefficient (Wildman–Crippen LogP) is 3.04. The van der Waals surface area contributed by atoms with Crippen LogP contribution in [0.2, 0.25) is 0 Å². The maximum atomic E-state index is 14.2. The van der Waals surface area contributed by atoms with Crippen molar-refractivity contribution in [1.82, 2.24) is 4.72 Å². The van der Waals surface area contributed by atoms with Crippen molar-refractivity contribution in [2.24, 2.45) is 0 Å². The lowest BCUT2D eigenvalue weighted by atomic mass is 10.0. The quantitative estimate of drug-likeness (QED) is 0.865. The molecule has 0 fully saturated rings. The minimum Gasteiger partial charge on any atom is -0.462 e. The van der Waals surface area contributed by atoms with Gasteiger partial charge in [-0.3, -0.25) is 0 Å². The summed E-state index contributed by atoms with van der Waals surface area (Å²) in [5.41, 5.74) is 1.52. The van der Waals surface area contributed by atoms with E-state index in [0.717, 1.165) is 0 Å². The van der Waals surface area contributed by atoms with Gasteiger partial charge in [0.15, 0.2) is 0 Å². The minimum absolute atomic E-state index is 0.278. The SMILES string of the molecule is CCOC(=O)c1ccc(F)c2c1CC[C@@H]2N[S@](=O)C(C)(C)C. The van der Waals surface area contributed by atoms with Crippen LogP contribution in [0.5, 0.6) is 0 Å². The number of fused-ring (bicyclic) bond motifs is 1. The van der Waals surface area contributed by atoms with Crippen molar-refractivity contribution < 1.29 is 18.1 Å². The van der Waals surface area contributed by atoms with E-state index in [1.54, 1.807) is 6.92 Å². The molecule has 0 heterocycles. The first-order valence-electron chi connectivity index (χ1n) is 7.42. The van der Waals surface area contributed by atoms with Crippen LogP contribution >= 0.6 is 0 Å². The van der Waals surface area contributed by atoms with Gasteiger partial charge in [0.25, 0.3) is 0 Å². The minimum atomic E-state index is -1.30. The molecule has 0 radical (unpaired) electrons. The summed E-state index contributed by atoms with van der Waals surface area (Å²) in [5.74, 6) is -0.805. The van der Waals surface area contributed by atoms with E-state index in [-0.39, 0.29) is 18.5 Å². The molecule has 4 nitrogen and oxygen atoms in total. The summed E-state index contributed by atoms with van der Waals surface area (Å²) in [6, 6.07) is 2.41. The van der Waals surface area contributed by atoms with Crippen LogP contribution in [0.1, 0.15) is 61.6 Å². The number of esters is 1. The van der Waals surface area contributed by atoms with Crippen LogP contribution in [0, 0.1) is 5.82 Å². The average Bonchev–Trinajstić information content (AvgIpc) is 2.83. The molecule has 0 saturated heterocycles. The summed E-state index contributed by atoms with van der Waals surface area (Å²) < 4.78 is 34.1. The van der Waals surface area contributed by atoms with Gasteiger partial charge in [0.1, 0.15) is 5.82 Å². The number of carbonyl (C=O) groups is 1. The number of halogens is 1. The maximum absolute atomic E-state index is 14.2. The highest BCUT2D eigenvalue weighted by Gasteiger charge is 2.33. The summed E-state index contributed by atoms with van der Waals surface area (Å²) >= 11 is 0. The Kier molecular flexibility index (Phi) is 5.02. The first-order chi connectivity index (χ1) is 10.3. The lowest BCUT2D eigenvalue weighted by Gasteiger charge is -2.22. The van der Waals surface area contributed by atoms with E-state index in [1.807, 2.05) is 20.8 Å². The molecule has 0 saturated carbocycles. The molecule has 0 aromatic heterocycles. The third-order valence-corrected chi connectivity index (χ3v) is 5.25. The summed E-state index contributed by atoms with van der Waals surface area (Å²) in [6.45, 7) is 7.59. The fourth-order valence-electron chi connectivity index (χ4n) is 2.54. The Balaban J connectivity index is 2.33. The molecule has 1 N–H and O–H groups in total. The molecule has 1 aromatic rings. The van der Waals surface area contributed by atoms with Crippen molar-refractivity contribution in [2.45, 2.75) is 51.3 Å². The molecule has 1 aliphatic rings. The molecule has 0 aliphatic heterocycles. The van der Waals surface area contributed by atoms with Crippen LogP contribution in [-0.2, 0) is 22.1 Å². The maximum Gasteiger partial charge on any atom is 0.338 e. The van der Waals surface area contributed by atoms with Gasteiger partial charge < -0.3 is 4.74 Å². The molecular formula is C16H22FNO3S. The monoisotopic (exact) mass is 327 g/mol. The van der Waals surface area contributed by atoms with Gasteiger partial charge >= 0.3 is 5.97 Å². The number of benzene rings is 1. The predicted molar refractivity (Wildman–Crippen MR) is 84.4 cm³/mol. The van der Waals surface area contributed by atoms with Crippen LogP contribution in [0.15, 0.2) is 12.1 Å². The van der Waals surface area contributed by atoms with Crippen molar-refractivity contribution in [1.29, 1.82) is 0 Å². The number of carbonyl (C=O) groups excluding carboxylic acids is 1. The van der Waals surface area contributed by atoms with E-state index in [0.29, 0.717) is 29.5 Å². The van der Waals surface area contributed by atoms with Crippen LogP contribution < -0.4 is 4.72 Å². The van der Waals surface area contributed by atoms with Crippen LogP contribution in [0.4, 0.5) is 4.39 Å². The van der Waals surface area contributed by atoms with E-state index >= 15 is 0 Å². The largest absolute Gasteiger partial charge is 0.462 e. The average molecular weight is 327 g/mol. The molecule has 0 bridgehead atoms. The van der Waals surface area contributed by atoms with Crippen molar-refractivity contribution >= 4 is 17.0 Å². The molecule has 6 heteroatoms. The van der Waals surface area contributed by atoms with Crippen molar-refractivity contribution in [2.75, 3.05) is 6.61 Å². The Bertz CT molecular complexity index is 610. The Morgan fingerprint density at radius 1 is 1.45 bits per heavy atom. The fourth-order valence-corrected chi connectivity index (χ4v) is 3.39. The van der Waals surface area contributed by atoms with Gasteiger partial charge in [-0.1, -0.05) is 0 Å². The number of rotatable bonds is 4. The Hall–Kier alpha value is -1.27. The number of ether oxygens (including phenoxy) is 1. The number of hydrogen-bond donors (Lipinski definition) is 1. The van der Waals surface area contributed by atoms with Crippen LogP contribution in [0.25, 0.3) is 0 Å². The standard InChI is InChI=1S/C16H22FNO3S/c1-5-21-15(19)11-6-8-12(17)14-10(11)7-9-13(14)18-22(20)16(2,3)4/h6,8,13,18H,5,7,9H2,1-4H3/t13-,22+/m0/s1. The zero-order valence-corrected chi connectivity index (χ0v) is 14.2. The number of hydrogen-bond acceptors (Lipinski definition) is 3. The first-order valence-corrected chi connectivity index (χ1v) is 8.57. The van der Waals surface area contributed by atoms with E-state index in [1.165, 1.54) is 12.1 Å². The van der Waals surface area contributed by atoms with Crippen molar-refractivity contribution in [3.8, 4) is 0 Å². The molecule has 2 atom stereocenters. The smallest absolute Gasteiger partial charge is 0.338 e. The van der Waals surface area contributed by atoms with Crippen molar-refractivity contribution in [3.05, 3.63) is 34.6 Å². The highest BCUT2D eigenvalue weighted by molar-refractivity contribution is 7.84. The topological polar surface area (TPSA) is 55.4 Å². The zero-order valence-electron chi connectivity index (χ0n) is 13.4. The van der Waals surface area contributed by atoms with Gasteiger partial charge in [0, 0.05) is 11.6 Å². The fraction of sp³-hybridized carbons (Fsp3) is 0.562. The van der Waals surface area contributed by atoms with E-state index in [9.17, 15) is 13.4 Å². The van der Waals surface area contributed by atoms with Crippen molar-refractivity contribution in [3.63, 3.8) is 0 Å². The molecule has 1 aliphatic carbocycles. The second-order valence-corrected chi connectivity index (χ2v) is 8.30. The second-order valence-electron chi connectivity index (χ2n) is 6.30. The molecule has 0 unspecified atom stereocenters. The molecule has 2 rings (SSSR count). The van der Waals surface area contributed by atoms with E-state index < -0.39 is 21.7 Å². The Morgan fingerprint density at radius 3 is 2.73 bits per heavy atom. The van der Waals surface area contributed by atoms with Gasteiger partial charge in [-0.05, 0) is 58.2 Å². The summed E-state index contributed by atoms with van der Waals surface area (Å²) in [6.07, 6.45) is 1.19. The highest BCUT2D eigenvalue weighted by atomic mass is 32.2. The summed E-state index contributed by atoms with van der Waals surface area (Å²) in [4.78, 5) is 12.0. The van der Waals surface area contributed by atoms with E-state index in [2.05, 4.69) is 4.72 Å². The van der Waals surface area contributed by atoms with Crippen LogP contribution in [0.3, 0.4) is 0 Å². The second kappa shape index (κ2) is 6.46. The molecular weight excluding hydrogens is 305 g/mol. The third-order valence-electron chi connectivity index (χ3n) is 3.64. The number of nitrogens with one attached hydrogen (secondary N) is 1.